The highest BCUT2D eigenvalue weighted by Gasteiger charge is 2.31. The summed E-state index contributed by atoms with van der Waals surface area (Å²) in [7, 11) is 0. The fourth-order valence-electron chi connectivity index (χ4n) is 3.71. The number of hydrogen-bond acceptors (Lipinski definition) is 2. The molecule has 1 N–H and O–H groups in total. The zero-order valence-electron chi connectivity index (χ0n) is 12.5. The largest absolute Gasteiger partial charge is 0.481 e. The predicted octanol–water partition coefficient (Wildman–Crippen LogP) is 2.92. The molecular formula is C16H27NO3. The number of likely N-dealkylation sites (tertiary alicyclic amines) is 1. The molecule has 1 aliphatic heterocycles. The molecule has 0 bridgehead atoms. The van der Waals surface area contributed by atoms with E-state index in [0.717, 1.165) is 19.4 Å². The van der Waals surface area contributed by atoms with E-state index in [1.54, 1.807) is 4.90 Å². The average molecular weight is 281 g/mol. The molecule has 4 heteroatoms. The van der Waals surface area contributed by atoms with Crippen molar-refractivity contribution in [3.8, 4) is 0 Å². The SMILES string of the molecule is CC(CC1CCCCC1)C(=O)N1CCCC(C(=O)O)C1. The highest BCUT2D eigenvalue weighted by molar-refractivity contribution is 5.79. The van der Waals surface area contributed by atoms with Crippen molar-refractivity contribution in [1.29, 1.82) is 0 Å². The number of carbonyl (C=O) groups is 2. The Balaban J connectivity index is 1.84. The number of carboxylic acid groups (broad SMARTS) is 1. The van der Waals surface area contributed by atoms with E-state index in [1.165, 1.54) is 32.1 Å². The molecule has 2 rings (SSSR count). The summed E-state index contributed by atoms with van der Waals surface area (Å²) in [6.07, 6.45) is 8.96. The first-order valence-corrected chi connectivity index (χ1v) is 8.09. The van der Waals surface area contributed by atoms with Gasteiger partial charge in [-0.1, -0.05) is 39.0 Å². The van der Waals surface area contributed by atoms with E-state index in [1.807, 2.05) is 6.92 Å². The van der Waals surface area contributed by atoms with Gasteiger partial charge in [-0.25, -0.2) is 0 Å². The van der Waals surface area contributed by atoms with E-state index in [9.17, 15) is 9.59 Å². The molecule has 1 amide bonds. The van der Waals surface area contributed by atoms with E-state index >= 15 is 0 Å². The van der Waals surface area contributed by atoms with Gasteiger partial charge < -0.3 is 10.0 Å². The van der Waals surface area contributed by atoms with Gasteiger partial charge in [0.15, 0.2) is 0 Å². The van der Waals surface area contributed by atoms with Crippen molar-refractivity contribution in [2.24, 2.45) is 17.8 Å². The van der Waals surface area contributed by atoms with Crippen LogP contribution >= 0.6 is 0 Å². The van der Waals surface area contributed by atoms with Crippen molar-refractivity contribution in [3.05, 3.63) is 0 Å². The molecule has 2 atom stereocenters. The van der Waals surface area contributed by atoms with Gasteiger partial charge in [0.1, 0.15) is 0 Å². The summed E-state index contributed by atoms with van der Waals surface area (Å²) in [5.41, 5.74) is 0. The van der Waals surface area contributed by atoms with Crippen LogP contribution < -0.4 is 0 Å². The Morgan fingerprint density at radius 1 is 1.15 bits per heavy atom. The lowest BCUT2D eigenvalue weighted by Crippen LogP contribution is -2.44. The number of piperidine rings is 1. The van der Waals surface area contributed by atoms with Gasteiger partial charge in [-0.2, -0.15) is 0 Å². The number of nitrogens with zero attached hydrogens (tertiary/aromatic N) is 1. The molecule has 0 aromatic rings. The van der Waals surface area contributed by atoms with Crippen LogP contribution in [0, 0.1) is 17.8 Å². The first-order chi connectivity index (χ1) is 9.58. The number of rotatable bonds is 4. The Labute approximate surface area is 121 Å². The summed E-state index contributed by atoms with van der Waals surface area (Å²) in [5, 5.41) is 9.10. The third-order valence-corrected chi connectivity index (χ3v) is 4.92. The van der Waals surface area contributed by atoms with Gasteiger partial charge in [-0.15, -0.1) is 0 Å². The topological polar surface area (TPSA) is 57.6 Å². The van der Waals surface area contributed by atoms with E-state index in [2.05, 4.69) is 0 Å². The van der Waals surface area contributed by atoms with Gasteiger partial charge >= 0.3 is 5.97 Å². The monoisotopic (exact) mass is 281 g/mol. The normalized spacial score (nSPS) is 26.2. The third kappa shape index (κ3) is 3.97. The molecular weight excluding hydrogens is 254 g/mol. The number of carbonyl (C=O) groups excluding carboxylic acids is 1. The summed E-state index contributed by atoms with van der Waals surface area (Å²) >= 11 is 0. The van der Waals surface area contributed by atoms with Crippen molar-refractivity contribution in [1.82, 2.24) is 4.90 Å². The minimum absolute atomic E-state index is 0.0469. The van der Waals surface area contributed by atoms with Crippen LogP contribution in [0.1, 0.15) is 58.3 Å². The van der Waals surface area contributed by atoms with Crippen LogP contribution in [-0.4, -0.2) is 35.0 Å². The molecule has 0 radical (unpaired) electrons. The van der Waals surface area contributed by atoms with Crippen LogP contribution in [0.5, 0.6) is 0 Å². The molecule has 4 nitrogen and oxygen atoms in total. The average Bonchev–Trinajstić information content (AvgIpc) is 2.47. The van der Waals surface area contributed by atoms with Crippen molar-refractivity contribution in [2.45, 2.75) is 58.3 Å². The van der Waals surface area contributed by atoms with Gasteiger partial charge in [0.05, 0.1) is 5.92 Å². The van der Waals surface area contributed by atoms with Crippen LogP contribution in [0.2, 0.25) is 0 Å². The standard InChI is InChI=1S/C16H27NO3/c1-12(10-13-6-3-2-4-7-13)15(18)17-9-5-8-14(11-17)16(19)20/h12-14H,2-11H2,1H3,(H,19,20). The van der Waals surface area contributed by atoms with E-state index in [-0.39, 0.29) is 17.7 Å². The molecule has 20 heavy (non-hydrogen) atoms. The van der Waals surface area contributed by atoms with Crippen LogP contribution in [0.25, 0.3) is 0 Å². The molecule has 0 aromatic carbocycles. The third-order valence-electron chi connectivity index (χ3n) is 4.92. The lowest BCUT2D eigenvalue weighted by atomic mass is 9.82. The second-order valence-electron chi connectivity index (χ2n) is 6.60. The van der Waals surface area contributed by atoms with Crippen molar-refractivity contribution >= 4 is 11.9 Å². The first-order valence-electron chi connectivity index (χ1n) is 8.09. The van der Waals surface area contributed by atoms with Crippen molar-refractivity contribution in [3.63, 3.8) is 0 Å². The second kappa shape index (κ2) is 7.09. The summed E-state index contributed by atoms with van der Waals surface area (Å²) < 4.78 is 0. The Hall–Kier alpha value is -1.06. The fourth-order valence-corrected chi connectivity index (χ4v) is 3.71. The molecule has 1 aliphatic carbocycles. The number of carboxylic acids is 1. The van der Waals surface area contributed by atoms with Crippen LogP contribution in [-0.2, 0) is 9.59 Å². The van der Waals surface area contributed by atoms with Gasteiger partial charge in [0.2, 0.25) is 5.91 Å². The molecule has 2 unspecified atom stereocenters. The number of aliphatic carboxylic acids is 1. The highest BCUT2D eigenvalue weighted by atomic mass is 16.4. The smallest absolute Gasteiger partial charge is 0.308 e. The van der Waals surface area contributed by atoms with E-state index in [4.69, 9.17) is 5.11 Å². The van der Waals surface area contributed by atoms with Crippen LogP contribution in [0.3, 0.4) is 0 Å². The number of amides is 1. The number of hydrogen-bond donors (Lipinski definition) is 1. The van der Waals surface area contributed by atoms with Crippen LogP contribution in [0.4, 0.5) is 0 Å². The van der Waals surface area contributed by atoms with E-state index in [0.29, 0.717) is 18.9 Å². The van der Waals surface area contributed by atoms with Crippen LogP contribution in [0.15, 0.2) is 0 Å². The quantitative estimate of drug-likeness (QED) is 0.862. The minimum atomic E-state index is -0.762. The molecule has 0 spiro atoms. The molecule has 2 fully saturated rings. The Morgan fingerprint density at radius 2 is 1.85 bits per heavy atom. The molecule has 1 saturated carbocycles. The van der Waals surface area contributed by atoms with Gasteiger partial charge in [-0.3, -0.25) is 9.59 Å². The molecule has 1 saturated heterocycles. The lowest BCUT2D eigenvalue weighted by molar-refractivity contribution is -0.146. The lowest BCUT2D eigenvalue weighted by Gasteiger charge is -2.33. The maximum absolute atomic E-state index is 12.5. The minimum Gasteiger partial charge on any atom is -0.481 e. The van der Waals surface area contributed by atoms with Crippen molar-refractivity contribution < 1.29 is 14.7 Å². The predicted molar refractivity (Wildman–Crippen MR) is 77.3 cm³/mol. The first kappa shape index (κ1) is 15.3. The van der Waals surface area contributed by atoms with Gasteiger partial charge in [0.25, 0.3) is 0 Å². The second-order valence-corrected chi connectivity index (χ2v) is 6.60. The highest BCUT2D eigenvalue weighted by Crippen LogP contribution is 2.30. The van der Waals surface area contributed by atoms with E-state index < -0.39 is 5.97 Å². The molecule has 114 valence electrons. The molecule has 0 aromatic heterocycles. The zero-order valence-corrected chi connectivity index (χ0v) is 12.5. The van der Waals surface area contributed by atoms with Gasteiger partial charge in [0, 0.05) is 19.0 Å². The molecule has 1 heterocycles. The fraction of sp³-hybridized carbons (Fsp3) is 0.875. The summed E-state index contributed by atoms with van der Waals surface area (Å²) in [4.78, 5) is 25.3. The van der Waals surface area contributed by atoms with Gasteiger partial charge in [-0.05, 0) is 25.2 Å². The Bertz CT molecular complexity index is 350. The molecule has 2 aliphatic rings. The Kier molecular flexibility index (Phi) is 5.44. The maximum Gasteiger partial charge on any atom is 0.308 e. The van der Waals surface area contributed by atoms with Crippen molar-refractivity contribution in [2.75, 3.05) is 13.1 Å². The summed E-state index contributed by atoms with van der Waals surface area (Å²) in [5.74, 6) is -0.216. The summed E-state index contributed by atoms with van der Waals surface area (Å²) in [6, 6.07) is 0. The summed E-state index contributed by atoms with van der Waals surface area (Å²) in [6.45, 7) is 3.15. The Morgan fingerprint density at radius 3 is 2.50 bits per heavy atom. The zero-order chi connectivity index (χ0) is 14.5. The maximum atomic E-state index is 12.5.